The predicted molar refractivity (Wildman–Crippen MR) is 109 cm³/mol. The Morgan fingerprint density at radius 2 is 1.93 bits per heavy atom. The Bertz CT molecular complexity index is 960. The molecule has 30 heavy (non-hydrogen) atoms. The summed E-state index contributed by atoms with van der Waals surface area (Å²) in [5.74, 6) is 0.283. The summed E-state index contributed by atoms with van der Waals surface area (Å²) < 4.78 is 1.65. The number of nitrogens with one attached hydrogen (secondary N) is 1. The highest BCUT2D eigenvalue weighted by molar-refractivity contribution is 5.94. The average Bonchev–Trinajstić information content (AvgIpc) is 3.64. The quantitative estimate of drug-likeness (QED) is 0.504. The van der Waals surface area contributed by atoms with Crippen molar-refractivity contribution in [3.8, 4) is 0 Å². The van der Waals surface area contributed by atoms with Crippen molar-refractivity contribution in [3.05, 3.63) is 57.5 Å². The molecule has 4 rings (SSSR count). The summed E-state index contributed by atoms with van der Waals surface area (Å²) >= 11 is 0. The van der Waals surface area contributed by atoms with Crippen LogP contribution >= 0.6 is 0 Å². The Hall–Kier alpha value is -3.23. The molecule has 0 atom stereocenters. The lowest BCUT2D eigenvalue weighted by Crippen LogP contribution is -2.33. The summed E-state index contributed by atoms with van der Waals surface area (Å²) in [6.45, 7) is 2.54. The maximum Gasteiger partial charge on any atom is 0.381 e. The second-order valence-corrected chi connectivity index (χ2v) is 8.04. The van der Waals surface area contributed by atoms with E-state index >= 15 is 0 Å². The van der Waals surface area contributed by atoms with Crippen LogP contribution in [-0.2, 0) is 17.9 Å². The van der Waals surface area contributed by atoms with Crippen molar-refractivity contribution in [1.82, 2.24) is 19.8 Å². The summed E-state index contributed by atoms with van der Waals surface area (Å²) in [5, 5.41) is 13.8. The molecule has 158 valence electrons. The minimum absolute atomic E-state index is 0.0174. The van der Waals surface area contributed by atoms with Gasteiger partial charge in [0.2, 0.25) is 11.7 Å². The zero-order chi connectivity index (χ0) is 21.3. The molecule has 1 N–H and O–H groups in total. The minimum atomic E-state index is -0.531. The van der Waals surface area contributed by atoms with Gasteiger partial charge in [0.1, 0.15) is 6.20 Å². The molecule has 0 saturated heterocycles. The highest BCUT2D eigenvalue weighted by Crippen LogP contribution is 2.29. The van der Waals surface area contributed by atoms with E-state index in [2.05, 4.69) is 10.3 Å². The number of aromatic nitrogens is 2. The van der Waals surface area contributed by atoms with Crippen LogP contribution in [0.3, 0.4) is 0 Å². The summed E-state index contributed by atoms with van der Waals surface area (Å²) in [7, 11) is 0. The average molecular weight is 411 g/mol. The van der Waals surface area contributed by atoms with Crippen LogP contribution in [0.1, 0.15) is 53.8 Å². The zero-order valence-corrected chi connectivity index (χ0v) is 16.9. The molecule has 1 heterocycles. The summed E-state index contributed by atoms with van der Waals surface area (Å²) in [5.41, 5.74) is 1.61. The third-order valence-corrected chi connectivity index (χ3v) is 5.51. The molecule has 9 heteroatoms. The minimum Gasteiger partial charge on any atom is -0.358 e. The molecule has 1 aromatic heterocycles. The van der Waals surface area contributed by atoms with Crippen molar-refractivity contribution in [2.45, 2.75) is 64.2 Å². The van der Waals surface area contributed by atoms with Gasteiger partial charge in [-0.3, -0.25) is 9.59 Å². The second kappa shape index (κ2) is 8.25. The van der Waals surface area contributed by atoms with Gasteiger partial charge in [-0.1, -0.05) is 12.1 Å². The molecular formula is C21H25N5O4. The molecule has 2 saturated carbocycles. The number of imidazole rings is 1. The van der Waals surface area contributed by atoms with Crippen LogP contribution < -0.4 is 5.32 Å². The third kappa shape index (κ3) is 4.84. The fourth-order valence-corrected chi connectivity index (χ4v) is 3.43. The van der Waals surface area contributed by atoms with Crippen LogP contribution in [0, 0.1) is 17.0 Å². The Morgan fingerprint density at radius 3 is 2.50 bits per heavy atom. The number of nitro groups is 1. The number of rotatable bonds is 9. The first-order valence-corrected chi connectivity index (χ1v) is 10.3. The molecule has 0 radical (unpaired) electrons. The number of aryl methyl sites for hydroxylation is 2. The van der Waals surface area contributed by atoms with E-state index in [4.69, 9.17) is 0 Å². The molecule has 0 aliphatic heterocycles. The lowest BCUT2D eigenvalue weighted by molar-refractivity contribution is -0.389. The van der Waals surface area contributed by atoms with Crippen molar-refractivity contribution in [2.75, 3.05) is 0 Å². The number of hydrogen-bond donors (Lipinski definition) is 1. The molecule has 2 aliphatic carbocycles. The molecule has 2 aromatic rings. The molecule has 9 nitrogen and oxygen atoms in total. The van der Waals surface area contributed by atoms with Crippen LogP contribution in [0.25, 0.3) is 0 Å². The fourth-order valence-electron chi connectivity index (χ4n) is 3.43. The van der Waals surface area contributed by atoms with E-state index in [-0.39, 0.29) is 30.1 Å². The predicted octanol–water partition coefficient (Wildman–Crippen LogP) is 2.57. The van der Waals surface area contributed by atoms with E-state index in [9.17, 15) is 19.7 Å². The van der Waals surface area contributed by atoms with Crippen LogP contribution in [0.2, 0.25) is 0 Å². The van der Waals surface area contributed by atoms with Crippen molar-refractivity contribution >= 4 is 17.6 Å². The van der Waals surface area contributed by atoms with Gasteiger partial charge in [0, 0.05) is 44.1 Å². The smallest absolute Gasteiger partial charge is 0.358 e. The molecule has 1 aromatic carbocycles. The molecule has 2 fully saturated rings. The van der Waals surface area contributed by atoms with Crippen LogP contribution in [0.15, 0.2) is 30.5 Å². The Labute approximate surface area is 174 Å². The van der Waals surface area contributed by atoms with Gasteiger partial charge in [-0.15, -0.1) is 0 Å². The number of carbonyl (C=O) groups excluding carboxylic acids is 2. The first-order valence-electron chi connectivity index (χ1n) is 10.3. The van der Waals surface area contributed by atoms with E-state index in [0.29, 0.717) is 30.5 Å². The van der Waals surface area contributed by atoms with Gasteiger partial charge >= 0.3 is 5.82 Å². The number of nitrogens with zero attached hydrogens (tertiary/aromatic N) is 4. The molecule has 0 unspecified atom stereocenters. The van der Waals surface area contributed by atoms with Crippen molar-refractivity contribution < 1.29 is 14.5 Å². The van der Waals surface area contributed by atoms with Gasteiger partial charge < -0.3 is 24.9 Å². The molecule has 2 aliphatic rings. The van der Waals surface area contributed by atoms with Crippen molar-refractivity contribution in [3.63, 3.8) is 0 Å². The Morgan fingerprint density at radius 1 is 1.23 bits per heavy atom. The van der Waals surface area contributed by atoms with Crippen LogP contribution in [0.5, 0.6) is 0 Å². The van der Waals surface area contributed by atoms with Crippen LogP contribution in [0.4, 0.5) is 5.82 Å². The Balaban J connectivity index is 1.36. The van der Waals surface area contributed by atoms with Crippen molar-refractivity contribution in [1.29, 1.82) is 0 Å². The summed E-state index contributed by atoms with van der Waals surface area (Å²) in [6, 6.07) is 7.96. The van der Waals surface area contributed by atoms with E-state index in [1.807, 2.05) is 17.0 Å². The summed E-state index contributed by atoms with van der Waals surface area (Å²) in [6.07, 6.45) is 5.71. The van der Waals surface area contributed by atoms with E-state index in [1.165, 1.54) is 6.20 Å². The molecular weight excluding hydrogens is 386 g/mol. The normalized spacial score (nSPS) is 15.6. The first-order chi connectivity index (χ1) is 14.4. The summed E-state index contributed by atoms with van der Waals surface area (Å²) in [4.78, 5) is 41.1. The SMILES string of the molecule is Cc1nc([N+](=O)[O-])cn1CCC(=O)N(Cc1ccc(C(=O)NC2CC2)cc1)C1CC1. The van der Waals surface area contributed by atoms with E-state index in [1.54, 1.807) is 23.6 Å². The molecule has 2 amide bonds. The van der Waals surface area contributed by atoms with Gasteiger partial charge in [-0.05, 0) is 53.3 Å². The maximum atomic E-state index is 12.9. The van der Waals surface area contributed by atoms with Gasteiger partial charge in [0.15, 0.2) is 0 Å². The van der Waals surface area contributed by atoms with Gasteiger partial charge in [-0.2, -0.15) is 0 Å². The first kappa shape index (κ1) is 20.1. The Kier molecular flexibility index (Phi) is 5.52. The molecule has 0 bridgehead atoms. The topological polar surface area (TPSA) is 110 Å². The van der Waals surface area contributed by atoms with Crippen molar-refractivity contribution in [2.24, 2.45) is 0 Å². The monoisotopic (exact) mass is 411 g/mol. The standard InChI is InChI=1S/C21H25N5O4/c1-14-22-19(26(29)30)13-24(14)11-10-20(27)25(18-8-9-18)12-15-2-4-16(5-3-15)21(28)23-17-6-7-17/h2-5,13,17-18H,6-12H2,1H3,(H,23,28). The van der Waals surface area contributed by atoms with Gasteiger partial charge in [0.25, 0.3) is 5.91 Å². The maximum absolute atomic E-state index is 12.9. The molecule has 0 spiro atoms. The number of hydrogen-bond acceptors (Lipinski definition) is 5. The third-order valence-electron chi connectivity index (χ3n) is 5.51. The number of amides is 2. The lowest BCUT2D eigenvalue weighted by Gasteiger charge is -2.23. The van der Waals surface area contributed by atoms with Gasteiger partial charge in [0.05, 0.1) is 0 Å². The van der Waals surface area contributed by atoms with E-state index < -0.39 is 4.92 Å². The second-order valence-electron chi connectivity index (χ2n) is 8.04. The van der Waals surface area contributed by atoms with Gasteiger partial charge in [-0.25, -0.2) is 0 Å². The zero-order valence-electron chi connectivity index (χ0n) is 16.9. The highest BCUT2D eigenvalue weighted by atomic mass is 16.6. The van der Waals surface area contributed by atoms with Crippen LogP contribution in [-0.4, -0.2) is 43.3 Å². The largest absolute Gasteiger partial charge is 0.381 e. The highest BCUT2D eigenvalue weighted by Gasteiger charge is 2.32. The fraction of sp³-hybridized carbons (Fsp3) is 0.476. The lowest BCUT2D eigenvalue weighted by atomic mass is 10.1. The van der Waals surface area contributed by atoms with E-state index in [0.717, 1.165) is 31.2 Å². The number of benzene rings is 1. The number of carbonyl (C=O) groups is 2.